The molecule has 2 aromatic carbocycles. The molecule has 1 amide bonds. The number of hydrogen-bond acceptors (Lipinski definition) is 4. The van der Waals surface area contributed by atoms with E-state index in [4.69, 9.17) is 21.1 Å². The zero-order chi connectivity index (χ0) is 21.6. The SMILES string of the molecule is COC(=O)[C@H](Cc1ccc(OC)c(Cl)c1)NC(=O)Cc1cccc(C(F)(F)F)c1. The molecule has 0 bridgehead atoms. The number of amides is 1. The molecule has 1 N–H and O–H groups in total. The number of nitrogens with one attached hydrogen (secondary N) is 1. The van der Waals surface area contributed by atoms with Crippen LogP contribution in [0.4, 0.5) is 13.2 Å². The van der Waals surface area contributed by atoms with Crippen molar-refractivity contribution < 1.29 is 32.2 Å². The quantitative estimate of drug-likeness (QED) is 0.680. The molecule has 0 fully saturated rings. The maximum absolute atomic E-state index is 12.8. The molecule has 2 rings (SSSR count). The molecule has 29 heavy (non-hydrogen) atoms. The molecule has 0 spiro atoms. The lowest BCUT2D eigenvalue weighted by atomic mass is 10.0. The normalized spacial score (nSPS) is 12.2. The Morgan fingerprint density at radius 3 is 2.41 bits per heavy atom. The van der Waals surface area contributed by atoms with Gasteiger partial charge in [-0.2, -0.15) is 13.2 Å². The minimum Gasteiger partial charge on any atom is -0.495 e. The van der Waals surface area contributed by atoms with E-state index in [1.54, 1.807) is 18.2 Å². The van der Waals surface area contributed by atoms with Gasteiger partial charge in [-0.25, -0.2) is 4.79 Å². The van der Waals surface area contributed by atoms with Gasteiger partial charge in [0.05, 0.1) is 31.2 Å². The summed E-state index contributed by atoms with van der Waals surface area (Å²) in [5, 5.41) is 2.84. The smallest absolute Gasteiger partial charge is 0.416 e. The Labute approximate surface area is 170 Å². The van der Waals surface area contributed by atoms with Crippen molar-refractivity contribution >= 4 is 23.5 Å². The van der Waals surface area contributed by atoms with Crippen LogP contribution in [0.25, 0.3) is 0 Å². The molecule has 0 aliphatic rings. The topological polar surface area (TPSA) is 64.6 Å². The van der Waals surface area contributed by atoms with Crippen LogP contribution in [-0.4, -0.2) is 32.1 Å². The van der Waals surface area contributed by atoms with E-state index in [0.29, 0.717) is 16.3 Å². The maximum atomic E-state index is 12.8. The number of hydrogen-bond donors (Lipinski definition) is 1. The second kappa shape index (κ2) is 9.65. The predicted molar refractivity (Wildman–Crippen MR) is 101 cm³/mol. The summed E-state index contributed by atoms with van der Waals surface area (Å²) in [5.41, 5.74) is -0.0285. The van der Waals surface area contributed by atoms with E-state index in [1.807, 2.05) is 0 Å². The summed E-state index contributed by atoms with van der Waals surface area (Å²) in [6, 6.07) is 8.32. The molecule has 0 saturated heterocycles. The van der Waals surface area contributed by atoms with Gasteiger partial charge >= 0.3 is 12.1 Å². The molecule has 1 atom stereocenters. The van der Waals surface area contributed by atoms with Crippen LogP contribution in [0.5, 0.6) is 5.75 Å². The first-order chi connectivity index (χ1) is 13.6. The van der Waals surface area contributed by atoms with Gasteiger partial charge in [-0.15, -0.1) is 0 Å². The number of alkyl halides is 3. The molecule has 0 heterocycles. The Kier molecular flexibility index (Phi) is 7.50. The second-order valence-electron chi connectivity index (χ2n) is 6.19. The molecule has 0 saturated carbocycles. The lowest BCUT2D eigenvalue weighted by Gasteiger charge is -2.17. The summed E-state index contributed by atoms with van der Waals surface area (Å²) < 4.78 is 48.2. The van der Waals surface area contributed by atoms with Crippen molar-refractivity contribution in [3.8, 4) is 5.75 Å². The molecule has 156 valence electrons. The van der Waals surface area contributed by atoms with E-state index in [2.05, 4.69) is 5.32 Å². The number of ether oxygens (including phenoxy) is 2. The van der Waals surface area contributed by atoms with Crippen molar-refractivity contribution in [3.05, 3.63) is 64.2 Å². The molecule has 9 heteroatoms. The first-order valence-electron chi connectivity index (χ1n) is 8.49. The van der Waals surface area contributed by atoms with Crippen LogP contribution in [0.2, 0.25) is 5.02 Å². The predicted octanol–water partition coefficient (Wildman–Crippen LogP) is 3.81. The fourth-order valence-corrected chi connectivity index (χ4v) is 2.98. The highest BCUT2D eigenvalue weighted by molar-refractivity contribution is 6.32. The highest BCUT2D eigenvalue weighted by Crippen LogP contribution is 2.29. The van der Waals surface area contributed by atoms with Crippen molar-refractivity contribution in [2.75, 3.05) is 14.2 Å². The minimum absolute atomic E-state index is 0.0880. The van der Waals surface area contributed by atoms with Crippen LogP contribution in [0.15, 0.2) is 42.5 Å². The summed E-state index contributed by atoms with van der Waals surface area (Å²) in [6.45, 7) is 0. The summed E-state index contributed by atoms with van der Waals surface area (Å²) in [6.07, 6.45) is -4.74. The molecule has 0 radical (unpaired) electrons. The molecule has 2 aromatic rings. The minimum atomic E-state index is -4.51. The monoisotopic (exact) mass is 429 g/mol. The molecule has 0 aromatic heterocycles. The van der Waals surface area contributed by atoms with E-state index in [-0.39, 0.29) is 18.4 Å². The number of halogens is 4. The summed E-state index contributed by atoms with van der Waals surface area (Å²) >= 11 is 6.07. The number of carbonyl (C=O) groups excluding carboxylic acids is 2. The third kappa shape index (κ3) is 6.39. The van der Waals surface area contributed by atoms with E-state index >= 15 is 0 Å². The van der Waals surface area contributed by atoms with E-state index in [9.17, 15) is 22.8 Å². The van der Waals surface area contributed by atoms with Gasteiger partial charge in [-0.05, 0) is 29.3 Å². The second-order valence-corrected chi connectivity index (χ2v) is 6.60. The number of esters is 1. The first-order valence-corrected chi connectivity index (χ1v) is 8.87. The van der Waals surface area contributed by atoms with Gasteiger partial charge in [0.25, 0.3) is 0 Å². The van der Waals surface area contributed by atoms with Gasteiger partial charge < -0.3 is 14.8 Å². The van der Waals surface area contributed by atoms with Gasteiger partial charge in [0, 0.05) is 6.42 Å². The number of rotatable bonds is 7. The zero-order valence-electron chi connectivity index (χ0n) is 15.7. The van der Waals surface area contributed by atoms with E-state index in [0.717, 1.165) is 12.1 Å². The average molecular weight is 430 g/mol. The molecular formula is C20H19ClF3NO4. The summed E-state index contributed by atoms with van der Waals surface area (Å²) in [7, 11) is 2.64. The van der Waals surface area contributed by atoms with Gasteiger partial charge in [-0.1, -0.05) is 35.9 Å². The highest BCUT2D eigenvalue weighted by atomic mass is 35.5. The lowest BCUT2D eigenvalue weighted by molar-refractivity contribution is -0.145. The Morgan fingerprint density at radius 1 is 1.10 bits per heavy atom. The van der Waals surface area contributed by atoms with Crippen LogP contribution in [0.3, 0.4) is 0 Å². The molecule has 0 aliphatic heterocycles. The van der Waals surface area contributed by atoms with Gasteiger partial charge in [0.2, 0.25) is 5.91 Å². The Balaban J connectivity index is 2.11. The van der Waals surface area contributed by atoms with Crippen molar-refractivity contribution in [3.63, 3.8) is 0 Å². The summed E-state index contributed by atoms with van der Waals surface area (Å²) in [5.74, 6) is -0.840. The van der Waals surface area contributed by atoms with Crippen LogP contribution < -0.4 is 10.1 Å². The Bertz CT molecular complexity index is 886. The van der Waals surface area contributed by atoms with Crippen LogP contribution in [-0.2, 0) is 33.3 Å². The fraction of sp³-hybridized carbons (Fsp3) is 0.300. The zero-order valence-corrected chi connectivity index (χ0v) is 16.4. The number of carbonyl (C=O) groups is 2. The van der Waals surface area contributed by atoms with E-state index < -0.39 is 29.7 Å². The Hall–Kier alpha value is -2.74. The summed E-state index contributed by atoms with van der Waals surface area (Å²) in [4.78, 5) is 24.4. The number of methoxy groups -OCH3 is 2. The van der Waals surface area contributed by atoms with Crippen LogP contribution in [0, 0.1) is 0 Å². The number of benzene rings is 2. The van der Waals surface area contributed by atoms with Crippen molar-refractivity contribution in [2.24, 2.45) is 0 Å². The largest absolute Gasteiger partial charge is 0.495 e. The van der Waals surface area contributed by atoms with Crippen molar-refractivity contribution in [1.29, 1.82) is 0 Å². The average Bonchev–Trinajstić information content (AvgIpc) is 2.66. The third-order valence-electron chi connectivity index (χ3n) is 4.10. The van der Waals surface area contributed by atoms with Crippen molar-refractivity contribution in [1.82, 2.24) is 5.32 Å². The maximum Gasteiger partial charge on any atom is 0.416 e. The molecule has 0 aliphatic carbocycles. The third-order valence-corrected chi connectivity index (χ3v) is 4.39. The molecule has 0 unspecified atom stereocenters. The van der Waals surface area contributed by atoms with Gasteiger partial charge in [0.1, 0.15) is 11.8 Å². The standard InChI is InChI=1S/C20H19ClF3NO4/c1-28-17-7-6-13(9-15(17)21)10-16(19(27)29-2)25-18(26)11-12-4-3-5-14(8-12)20(22,23)24/h3-9,16H,10-11H2,1-2H3,(H,25,26)/t16-/m0/s1. The van der Waals surface area contributed by atoms with Crippen LogP contribution in [0.1, 0.15) is 16.7 Å². The van der Waals surface area contributed by atoms with Gasteiger partial charge in [-0.3, -0.25) is 4.79 Å². The first kappa shape index (κ1) is 22.5. The van der Waals surface area contributed by atoms with Crippen molar-refractivity contribution in [2.45, 2.75) is 25.1 Å². The van der Waals surface area contributed by atoms with Gasteiger partial charge in [0.15, 0.2) is 0 Å². The van der Waals surface area contributed by atoms with Crippen LogP contribution >= 0.6 is 11.6 Å². The fourth-order valence-electron chi connectivity index (χ4n) is 2.70. The van der Waals surface area contributed by atoms with E-state index in [1.165, 1.54) is 26.4 Å². The molecule has 5 nitrogen and oxygen atoms in total. The highest BCUT2D eigenvalue weighted by Gasteiger charge is 2.30. The Morgan fingerprint density at radius 2 is 1.83 bits per heavy atom. The lowest BCUT2D eigenvalue weighted by Crippen LogP contribution is -2.43. The molecular weight excluding hydrogens is 411 g/mol.